The van der Waals surface area contributed by atoms with E-state index in [9.17, 15) is 48.1 Å². The number of nitrogens with one attached hydrogen (secondary N) is 6. The maximum absolute atomic E-state index is 13.5. The number of fused-ring (bicyclic) bond motifs is 3. The van der Waals surface area contributed by atoms with Crippen molar-refractivity contribution in [3.8, 4) is 0 Å². The van der Waals surface area contributed by atoms with Crippen molar-refractivity contribution >= 4 is 127 Å². The molecule has 0 unspecified atom stereocenters. The van der Waals surface area contributed by atoms with Gasteiger partial charge in [-0.3, -0.25) is 14.4 Å². The number of sulfonamides is 4. The molecule has 6 aromatic carbocycles. The largest absolute Gasteiger partial charge is 0.379 e. The highest BCUT2D eigenvalue weighted by Crippen LogP contribution is 2.43. The van der Waals surface area contributed by atoms with Crippen LogP contribution in [0.1, 0.15) is 119 Å². The van der Waals surface area contributed by atoms with Crippen molar-refractivity contribution in [2.75, 3.05) is 159 Å². The molecule has 0 saturated heterocycles. The third-order valence-electron chi connectivity index (χ3n) is 19.7. The van der Waals surface area contributed by atoms with E-state index in [-0.39, 0.29) is 195 Å². The fraction of sp³-hybridized carbons (Fsp3) is 0.500. The van der Waals surface area contributed by atoms with Crippen LogP contribution in [0.2, 0.25) is 30.1 Å². The first-order valence-corrected chi connectivity index (χ1v) is 46.2. The van der Waals surface area contributed by atoms with Crippen molar-refractivity contribution in [1.82, 2.24) is 44.2 Å². The van der Waals surface area contributed by atoms with Crippen molar-refractivity contribution < 1.29 is 76.5 Å². The van der Waals surface area contributed by atoms with Crippen LogP contribution in [0.4, 0.5) is 0 Å². The van der Waals surface area contributed by atoms with Gasteiger partial charge in [-0.2, -0.15) is 0 Å². The van der Waals surface area contributed by atoms with Crippen molar-refractivity contribution in [2.45, 2.75) is 109 Å². The first kappa shape index (κ1) is 92.8. The predicted molar refractivity (Wildman–Crippen MR) is 442 cm³/mol. The van der Waals surface area contributed by atoms with E-state index in [0.29, 0.717) is 75.8 Å². The molecule has 6 aromatic rings. The van der Waals surface area contributed by atoms with Crippen molar-refractivity contribution in [3.63, 3.8) is 0 Å². The summed E-state index contributed by atoms with van der Waals surface area (Å²) in [5.74, 6) is -1.56. The quantitative estimate of drug-likeness (QED) is 0.0193. The Morgan fingerprint density at radius 3 is 1.04 bits per heavy atom. The third kappa shape index (κ3) is 28.6. The van der Waals surface area contributed by atoms with Crippen LogP contribution in [-0.4, -0.2) is 231 Å². The lowest BCUT2D eigenvalue weighted by Crippen LogP contribution is -2.49. The fourth-order valence-electron chi connectivity index (χ4n) is 14.3. The average molecular weight is 1780 g/mol. The number of carbonyl (C=O) groups is 3. The summed E-state index contributed by atoms with van der Waals surface area (Å²) in [4.78, 5) is 47.0. The molecule has 0 aromatic heterocycles. The number of benzene rings is 6. The lowest BCUT2D eigenvalue weighted by molar-refractivity contribution is -0.121. The van der Waals surface area contributed by atoms with E-state index in [0.717, 1.165) is 56.3 Å². The van der Waals surface area contributed by atoms with Gasteiger partial charge >= 0.3 is 0 Å². The van der Waals surface area contributed by atoms with Gasteiger partial charge in [-0.15, -0.1) is 0 Å². The summed E-state index contributed by atoms with van der Waals surface area (Å²) >= 11 is 38.9. The number of ketones is 1. The maximum atomic E-state index is 13.5. The molecule has 0 aliphatic carbocycles. The number of likely N-dealkylation sites (N-methyl/N-ethyl adjacent to an activating group) is 3. The zero-order valence-electron chi connectivity index (χ0n) is 64.2. The molecule has 2 amide bonds. The van der Waals surface area contributed by atoms with Crippen LogP contribution in [-0.2, 0) is 103 Å². The number of amides is 2. The summed E-state index contributed by atoms with van der Waals surface area (Å²) in [7, 11) is -9.78. The summed E-state index contributed by atoms with van der Waals surface area (Å²) in [5.41, 5.74) is 6.70. The Balaban J connectivity index is 0.685. The molecule has 0 spiro atoms. The van der Waals surface area contributed by atoms with E-state index in [2.05, 4.69) is 44.2 Å². The van der Waals surface area contributed by atoms with E-state index in [1.54, 1.807) is 54.6 Å². The van der Waals surface area contributed by atoms with Crippen LogP contribution in [0.3, 0.4) is 0 Å². The average Bonchev–Trinajstić information content (AvgIpc) is 0.768. The second-order valence-electron chi connectivity index (χ2n) is 28.7. The number of hydrogen-bond donors (Lipinski definition) is 6. The van der Waals surface area contributed by atoms with Crippen LogP contribution in [0.5, 0.6) is 0 Å². The monoisotopic (exact) mass is 1770 g/mol. The Kier molecular flexibility index (Phi) is 36.1. The van der Waals surface area contributed by atoms with Gasteiger partial charge in [0.05, 0.1) is 93.6 Å². The fourth-order valence-corrected chi connectivity index (χ4v) is 20.3. The van der Waals surface area contributed by atoms with Gasteiger partial charge in [0.1, 0.15) is 5.78 Å². The molecule has 26 nitrogen and oxygen atoms in total. The summed E-state index contributed by atoms with van der Waals surface area (Å²) < 4.78 is 151. The van der Waals surface area contributed by atoms with Gasteiger partial charge in [0.15, 0.2) is 0 Å². The van der Waals surface area contributed by atoms with Crippen molar-refractivity contribution in [2.24, 2.45) is 0 Å². The summed E-state index contributed by atoms with van der Waals surface area (Å²) in [6, 6.07) is 31.1. The SMILES string of the molecule is CN1Cc2c(Cl)cc(Cl)cc2[C@H](c2cccc(S(=O)(=O)NCCOCCOCCCC(=O)CCC(CCC(=O)NCCOCCOCCNS(=O)(=O)c3cccc([C@@H]4CN(C)Cc5c(Cl)cc(Cl)cc54)c3)(CCC(=O)NCCOCCOCCNS(=O)(=O)c3cccc([C@@H]4CN(C)Cc5c(Cl)cc(Cl)cc54)c3)NS(C)(=O)=O)c2)C1. The lowest BCUT2D eigenvalue weighted by Gasteiger charge is -2.34. The Bertz CT molecular complexity index is 4320. The van der Waals surface area contributed by atoms with E-state index >= 15 is 0 Å². The number of ether oxygens (including phenoxy) is 6. The first-order valence-electron chi connectivity index (χ1n) is 37.6. The van der Waals surface area contributed by atoms with Crippen LogP contribution in [0.15, 0.2) is 124 Å². The highest BCUT2D eigenvalue weighted by molar-refractivity contribution is 7.90. The van der Waals surface area contributed by atoms with Gasteiger partial charge in [-0.05, 0) is 170 Å². The molecule has 0 fully saturated rings. The standard InChI is InChI=1S/C78H101Cl6N9O17S4/c1-91-48-67(64-42-57(79)45-73(82)70(64)51-91)54-9-5-13-61(39-54)112(99,100)87-24-30-108-34-33-105-27-8-12-60(94)16-19-78(90-111(4,97)98,20-17-76(95)85-22-28-106-35-37-109-31-25-88-113(101,102)62-14-6-10-55(40-62)68-49-92(2)52-71-65(68)43-58(80)46-74(71)83)21-18-77(96)86-23-29-107-36-38-110-32-26-89-114(103,104)63-15-7-11-56(41-63)69-50-93(3)53-72-66(69)44-59(81)47-75(72)84/h5-7,9-11,13-15,39-47,67-69,87-90H,8,12,16-38,48-53H2,1-4H3,(H,85,95)(H,86,96)/t67-,68-,69-/m0/s1. The summed E-state index contributed by atoms with van der Waals surface area (Å²) in [6.07, 6.45) is 0.675. The second-order valence-corrected chi connectivity index (χ2v) is 38.3. The number of rotatable bonds is 48. The first-order chi connectivity index (χ1) is 54.3. The van der Waals surface area contributed by atoms with Gasteiger partial charge in [0.2, 0.25) is 51.9 Å². The van der Waals surface area contributed by atoms with Crippen molar-refractivity contribution in [1.29, 1.82) is 0 Å². The van der Waals surface area contributed by atoms with Crippen LogP contribution >= 0.6 is 69.6 Å². The number of Topliss-reactive ketones (excluding diaryl/α,β-unsaturated/α-hetero) is 1. The van der Waals surface area contributed by atoms with Crippen LogP contribution < -0.4 is 29.5 Å². The topological polar surface area (TPSA) is 325 Å². The summed E-state index contributed by atoms with van der Waals surface area (Å²) in [6.45, 7) is 5.28. The number of nitrogens with zero attached hydrogens (tertiary/aromatic N) is 3. The smallest absolute Gasteiger partial charge is 0.240 e. The normalized spacial score (nSPS) is 16.5. The summed E-state index contributed by atoms with van der Waals surface area (Å²) in [5, 5.41) is 8.72. The predicted octanol–water partition coefficient (Wildman–Crippen LogP) is 9.88. The number of hydrogen-bond acceptors (Lipinski definition) is 20. The van der Waals surface area contributed by atoms with E-state index in [1.807, 2.05) is 57.5 Å². The Morgan fingerprint density at radius 2 is 0.711 bits per heavy atom. The molecular formula is C78H101Cl6N9O17S4. The molecule has 0 radical (unpaired) electrons. The Morgan fingerprint density at radius 1 is 0.404 bits per heavy atom. The molecule has 626 valence electrons. The molecule has 0 saturated carbocycles. The molecule has 36 heteroatoms. The van der Waals surface area contributed by atoms with Gasteiger partial charge in [-0.1, -0.05) is 106 Å². The Hall–Kier alpha value is -5.05. The molecule has 0 bridgehead atoms. The third-order valence-corrected chi connectivity index (χ3v) is 26.6. The van der Waals surface area contributed by atoms with E-state index in [1.165, 1.54) is 18.2 Å². The van der Waals surface area contributed by atoms with Crippen molar-refractivity contribution in [3.05, 3.63) is 189 Å². The minimum absolute atomic E-state index is 0.00340. The van der Waals surface area contributed by atoms with Gasteiger partial charge in [0.25, 0.3) is 0 Å². The molecular weight excluding hydrogens is 1680 g/mol. The zero-order valence-corrected chi connectivity index (χ0v) is 72.0. The number of halogens is 6. The number of carbonyl (C=O) groups excluding carboxylic acids is 3. The van der Waals surface area contributed by atoms with Gasteiger partial charge in [0, 0.05) is 158 Å². The van der Waals surface area contributed by atoms with E-state index in [4.69, 9.17) is 98.0 Å². The molecule has 6 N–H and O–H groups in total. The molecule has 3 heterocycles. The minimum atomic E-state index is -3.99. The minimum Gasteiger partial charge on any atom is -0.379 e. The zero-order chi connectivity index (χ0) is 82.2. The molecule has 3 aliphatic rings. The molecule has 3 aliphatic heterocycles. The second kappa shape index (κ2) is 44.3. The van der Waals surface area contributed by atoms with Gasteiger partial charge < -0.3 is 53.8 Å². The molecule has 9 rings (SSSR count). The highest BCUT2D eigenvalue weighted by Gasteiger charge is 2.36. The molecule has 3 atom stereocenters. The maximum Gasteiger partial charge on any atom is 0.240 e. The van der Waals surface area contributed by atoms with Crippen LogP contribution in [0, 0.1) is 0 Å². The Labute approximate surface area is 700 Å². The van der Waals surface area contributed by atoms with Crippen LogP contribution in [0.25, 0.3) is 0 Å². The van der Waals surface area contributed by atoms with Gasteiger partial charge in [-0.25, -0.2) is 52.6 Å². The molecule has 114 heavy (non-hydrogen) atoms. The highest BCUT2D eigenvalue weighted by atomic mass is 35.5. The van der Waals surface area contributed by atoms with E-state index < -0.39 is 57.4 Å². The lowest BCUT2D eigenvalue weighted by atomic mass is 9.83.